The van der Waals surface area contributed by atoms with Crippen LogP contribution in [0.5, 0.6) is 0 Å². The molecule has 9 atom stereocenters. The van der Waals surface area contributed by atoms with Crippen molar-refractivity contribution >= 4 is 11.9 Å². The topological polar surface area (TPSA) is 81.9 Å². The Hall–Kier alpha value is -1.40. The van der Waals surface area contributed by atoms with Crippen molar-refractivity contribution in [3.8, 4) is 0 Å². The zero-order valence-corrected chi connectivity index (χ0v) is 23.2. The summed E-state index contributed by atoms with van der Waals surface area (Å²) < 4.78 is 11.3. The number of nitrogens with two attached hydrogens (primary N) is 1. The first kappa shape index (κ1) is 26.2. The van der Waals surface area contributed by atoms with Crippen LogP contribution in [0.2, 0.25) is 0 Å². The van der Waals surface area contributed by atoms with E-state index >= 15 is 0 Å². The molecule has 36 heavy (non-hydrogen) atoms. The number of hydrogen-bond acceptors (Lipinski definition) is 6. The van der Waals surface area contributed by atoms with Gasteiger partial charge in [0.2, 0.25) is 0 Å². The largest absolute Gasteiger partial charge is 0.459 e. The number of likely N-dealkylation sites (tertiary alicyclic amines) is 1. The standard InChI is InChI=1S/C30H48N2O4/c1-6-7-8-26(35-20(3)33)27(34)36-22-11-14-28(4)21(17-22)9-10-23-24(28)12-15-29-18-32(5)19(2)30(29,31)16-13-25(23)29/h9,19,22-26H,6-8,10-18,31H2,1-5H3/t19-,22-,23+,24-,25-,26?,28-,29+,30-/m0/s1. The highest BCUT2D eigenvalue weighted by Gasteiger charge is 2.69. The Balaban J connectivity index is 1.29. The summed E-state index contributed by atoms with van der Waals surface area (Å²) in [5, 5.41) is 0. The fraction of sp³-hybridized carbons (Fsp3) is 0.867. The quantitative estimate of drug-likeness (QED) is 0.409. The van der Waals surface area contributed by atoms with Gasteiger partial charge in [-0.1, -0.05) is 31.9 Å². The van der Waals surface area contributed by atoms with Crippen LogP contribution in [-0.4, -0.2) is 54.2 Å². The smallest absolute Gasteiger partial charge is 0.347 e. The maximum absolute atomic E-state index is 12.9. The van der Waals surface area contributed by atoms with Gasteiger partial charge in [-0.3, -0.25) is 4.79 Å². The van der Waals surface area contributed by atoms with Crippen LogP contribution < -0.4 is 5.73 Å². The number of allylic oxidation sites excluding steroid dienone is 1. The summed E-state index contributed by atoms with van der Waals surface area (Å²) in [6, 6.07) is 0.461. The van der Waals surface area contributed by atoms with Crippen LogP contribution in [0, 0.1) is 28.6 Å². The number of ether oxygens (including phenoxy) is 2. The second kappa shape index (κ2) is 9.41. The maximum Gasteiger partial charge on any atom is 0.347 e. The van der Waals surface area contributed by atoms with Gasteiger partial charge in [-0.05, 0) is 94.9 Å². The lowest BCUT2D eigenvalue weighted by atomic mass is 9.46. The monoisotopic (exact) mass is 500 g/mol. The molecule has 6 heteroatoms. The van der Waals surface area contributed by atoms with E-state index in [9.17, 15) is 9.59 Å². The summed E-state index contributed by atoms with van der Waals surface area (Å²) in [5.74, 6) is 1.36. The minimum Gasteiger partial charge on any atom is -0.459 e. The Labute approximate surface area is 217 Å². The Morgan fingerprint density at radius 3 is 2.67 bits per heavy atom. The average molecular weight is 501 g/mol. The molecule has 202 valence electrons. The SMILES string of the molecule is CCCCC(OC(C)=O)C(=O)O[C@H]1CC[C@@]2(C)C(=CC[C@H]3[C@@H]4CC[C@]5(N)[C@H](C)N(C)C[C@]45CC[C@@H]32)C1. The van der Waals surface area contributed by atoms with Crippen LogP contribution >= 0.6 is 0 Å². The number of fused-ring (bicyclic) bond motifs is 4. The Bertz CT molecular complexity index is 919. The number of unbranched alkanes of at least 4 members (excludes halogenated alkanes) is 1. The lowest BCUT2D eigenvalue weighted by molar-refractivity contribution is -0.172. The molecule has 0 aromatic carbocycles. The molecular formula is C30H48N2O4. The second-order valence-corrected chi connectivity index (χ2v) is 13.2. The summed E-state index contributed by atoms with van der Waals surface area (Å²) in [6.45, 7) is 9.42. The molecule has 1 spiro atoms. The summed E-state index contributed by atoms with van der Waals surface area (Å²) in [5.41, 5.74) is 9.18. The molecule has 0 aromatic rings. The minimum atomic E-state index is -0.777. The average Bonchev–Trinajstić information content (AvgIpc) is 3.23. The molecule has 1 aliphatic heterocycles. The molecule has 5 aliphatic rings. The van der Waals surface area contributed by atoms with E-state index in [1.165, 1.54) is 38.2 Å². The predicted molar refractivity (Wildman–Crippen MR) is 140 cm³/mol. The molecule has 0 radical (unpaired) electrons. The number of rotatable bonds is 6. The number of carbonyl (C=O) groups is 2. The molecule has 0 amide bonds. The van der Waals surface area contributed by atoms with Gasteiger partial charge in [0.15, 0.2) is 6.10 Å². The summed E-state index contributed by atoms with van der Waals surface area (Å²) in [6.07, 6.45) is 12.8. The van der Waals surface area contributed by atoms with Gasteiger partial charge in [0.25, 0.3) is 0 Å². The van der Waals surface area contributed by atoms with E-state index in [0.29, 0.717) is 18.4 Å². The molecule has 1 unspecified atom stereocenters. The lowest BCUT2D eigenvalue weighted by Gasteiger charge is -2.59. The first-order valence-corrected chi connectivity index (χ1v) is 14.6. The van der Waals surface area contributed by atoms with Gasteiger partial charge in [-0.2, -0.15) is 0 Å². The Morgan fingerprint density at radius 1 is 1.19 bits per heavy atom. The van der Waals surface area contributed by atoms with Crippen molar-refractivity contribution in [1.29, 1.82) is 0 Å². The molecule has 1 saturated heterocycles. The van der Waals surface area contributed by atoms with Crippen LogP contribution in [0.3, 0.4) is 0 Å². The van der Waals surface area contributed by atoms with Gasteiger partial charge in [0.1, 0.15) is 6.10 Å². The molecule has 4 fully saturated rings. The minimum absolute atomic E-state index is 0.0373. The van der Waals surface area contributed by atoms with Crippen LogP contribution in [0.15, 0.2) is 11.6 Å². The van der Waals surface area contributed by atoms with Gasteiger partial charge in [0, 0.05) is 36.9 Å². The highest BCUT2D eigenvalue weighted by Crippen LogP contribution is 2.69. The van der Waals surface area contributed by atoms with E-state index in [0.717, 1.165) is 56.9 Å². The molecule has 3 saturated carbocycles. The third-order valence-electron chi connectivity index (χ3n) is 11.7. The lowest BCUT2D eigenvalue weighted by Crippen LogP contribution is -2.60. The molecule has 1 heterocycles. The number of esters is 2. The van der Waals surface area contributed by atoms with Gasteiger partial charge in [0.05, 0.1) is 0 Å². The predicted octanol–water partition coefficient (Wildman–Crippen LogP) is 4.99. The third-order valence-corrected chi connectivity index (χ3v) is 11.7. The normalized spacial score (nSPS) is 44.5. The fourth-order valence-electron chi connectivity index (χ4n) is 9.65. The van der Waals surface area contributed by atoms with Crippen molar-refractivity contribution in [2.45, 2.75) is 122 Å². The zero-order chi connectivity index (χ0) is 25.9. The summed E-state index contributed by atoms with van der Waals surface area (Å²) in [4.78, 5) is 27.0. The van der Waals surface area contributed by atoms with E-state index in [1.54, 1.807) is 0 Å². The molecule has 2 N–H and O–H groups in total. The molecular weight excluding hydrogens is 452 g/mol. The fourth-order valence-corrected chi connectivity index (χ4v) is 9.65. The van der Waals surface area contributed by atoms with Crippen LogP contribution in [-0.2, 0) is 19.1 Å². The molecule has 4 aliphatic carbocycles. The van der Waals surface area contributed by atoms with Gasteiger partial charge < -0.3 is 20.1 Å². The highest BCUT2D eigenvalue weighted by atomic mass is 16.6. The van der Waals surface area contributed by atoms with Crippen molar-refractivity contribution in [2.75, 3.05) is 13.6 Å². The molecule has 5 rings (SSSR count). The summed E-state index contributed by atoms with van der Waals surface area (Å²) in [7, 11) is 2.27. The van der Waals surface area contributed by atoms with E-state index in [-0.39, 0.29) is 28.4 Å². The van der Waals surface area contributed by atoms with Crippen LogP contribution in [0.1, 0.15) is 98.3 Å². The number of nitrogens with zero attached hydrogens (tertiary/aromatic N) is 1. The molecule has 0 aromatic heterocycles. The van der Waals surface area contributed by atoms with E-state index in [1.807, 2.05) is 0 Å². The maximum atomic E-state index is 12.9. The number of likely N-dealkylation sites (N-methyl/N-ethyl adjacent to an activating group) is 1. The van der Waals surface area contributed by atoms with Crippen molar-refractivity contribution in [2.24, 2.45) is 34.3 Å². The van der Waals surface area contributed by atoms with E-state index in [4.69, 9.17) is 15.2 Å². The first-order chi connectivity index (χ1) is 17.1. The van der Waals surface area contributed by atoms with E-state index in [2.05, 4.69) is 38.8 Å². The van der Waals surface area contributed by atoms with Crippen LogP contribution in [0.4, 0.5) is 0 Å². The Kier molecular flexibility index (Phi) is 6.85. The van der Waals surface area contributed by atoms with Crippen molar-refractivity contribution in [3.63, 3.8) is 0 Å². The van der Waals surface area contributed by atoms with Crippen molar-refractivity contribution in [1.82, 2.24) is 4.90 Å². The highest BCUT2D eigenvalue weighted by molar-refractivity contribution is 5.78. The zero-order valence-electron chi connectivity index (χ0n) is 23.2. The third kappa shape index (κ3) is 3.88. The number of carbonyl (C=O) groups excluding carboxylic acids is 2. The van der Waals surface area contributed by atoms with Gasteiger partial charge in [-0.25, -0.2) is 4.79 Å². The van der Waals surface area contributed by atoms with Crippen LogP contribution in [0.25, 0.3) is 0 Å². The van der Waals surface area contributed by atoms with Crippen molar-refractivity contribution < 1.29 is 19.1 Å². The van der Waals surface area contributed by atoms with E-state index < -0.39 is 12.1 Å². The Morgan fingerprint density at radius 2 is 1.94 bits per heavy atom. The van der Waals surface area contributed by atoms with Crippen molar-refractivity contribution in [3.05, 3.63) is 11.6 Å². The second-order valence-electron chi connectivity index (χ2n) is 13.2. The first-order valence-electron chi connectivity index (χ1n) is 14.6. The van der Waals surface area contributed by atoms with Gasteiger partial charge in [-0.15, -0.1) is 0 Å². The summed E-state index contributed by atoms with van der Waals surface area (Å²) >= 11 is 0. The molecule has 6 nitrogen and oxygen atoms in total. The number of hydrogen-bond donors (Lipinski definition) is 1. The molecule has 0 bridgehead atoms. The van der Waals surface area contributed by atoms with Gasteiger partial charge >= 0.3 is 11.9 Å².